The summed E-state index contributed by atoms with van der Waals surface area (Å²) in [5.41, 5.74) is 0.355. The summed E-state index contributed by atoms with van der Waals surface area (Å²) in [6.07, 6.45) is 5.45. The number of nitrogens with one attached hydrogen (secondary N) is 1. The lowest BCUT2D eigenvalue weighted by molar-refractivity contribution is -0.142. The standard InChI is InChI=1S/C22H30N2O4/c1-21(2,3)20(26)24-12-8-15(9-13-24)19(25)23-16-6-7-17-18(14-16)28-22(27-17)10-4-5-11-22/h6-7,14-15H,4-5,8-13H2,1-3H3,(H,23,25). The number of carbonyl (C=O) groups is 2. The normalized spacial score (nSPS) is 21.2. The molecule has 0 unspecified atom stereocenters. The van der Waals surface area contributed by atoms with Crippen LogP contribution < -0.4 is 14.8 Å². The molecule has 0 aromatic heterocycles. The fourth-order valence-electron chi connectivity index (χ4n) is 4.35. The van der Waals surface area contributed by atoms with E-state index < -0.39 is 5.79 Å². The van der Waals surface area contributed by atoms with Crippen molar-refractivity contribution in [2.45, 2.75) is 65.1 Å². The first-order valence-electron chi connectivity index (χ1n) is 10.4. The Kier molecular flexibility index (Phi) is 4.76. The molecule has 1 saturated carbocycles. The van der Waals surface area contributed by atoms with Crippen molar-refractivity contribution in [1.82, 2.24) is 4.90 Å². The highest BCUT2D eigenvalue weighted by Gasteiger charge is 2.44. The van der Waals surface area contributed by atoms with Gasteiger partial charge in [0.25, 0.3) is 5.79 Å². The Hall–Kier alpha value is -2.24. The number of likely N-dealkylation sites (tertiary alicyclic amines) is 1. The van der Waals surface area contributed by atoms with Gasteiger partial charge in [-0.05, 0) is 37.8 Å². The monoisotopic (exact) mass is 386 g/mol. The van der Waals surface area contributed by atoms with E-state index in [-0.39, 0.29) is 23.1 Å². The molecule has 2 aliphatic heterocycles. The molecule has 3 aliphatic rings. The Bertz CT molecular complexity index is 769. The first kappa shape index (κ1) is 19.1. The fourth-order valence-corrected chi connectivity index (χ4v) is 4.35. The maximum Gasteiger partial charge on any atom is 0.251 e. The van der Waals surface area contributed by atoms with E-state index in [9.17, 15) is 9.59 Å². The minimum Gasteiger partial charge on any atom is -0.448 e. The largest absolute Gasteiger partial charge is 0.448 e. The van der Waals surface area contributed by atoms with E-state index in [1.165, 1.54) is 0 Å². The number of piperidine rings is 1. The number of fused-ring (bicyclic) bond motifs is 1. The number of carbonyl (C=O) groups excluding carboxylic acids is 2. The molecule has 152 valence electrons. The first-order chi connectivity index (χ1) is 13.3. The van der Waals surface area contributed by atoms with Crippen molar-refractivity contribution in [3.05, 3.63) is 18.2 Å². The van der Waals surface area contributed by atoms with E-state index in [0.717, 1.165) is 37.1 Å². The topological polar surface area (TPSA) is 67.9 Å². The van der Waals surface area contributed by atoms with Gasteiger partial charge in [-0.2, -0.15) is 0 Å². The molecule has 2 amide bonds. The molecule has 0 radical (unpaired) electrons. The molecule has 6 heteroatoms. The summed E-state index contributed by atoms with van der Waals surface area (Å²) >= 11 is 0. The summed E-state index contributed by atoms with van der Waals surface area (Å²) < 4.78 is 12.1. The Labute approximate surface area is 166 Å². The first-order valence-corrected chi connectivity index (χ1v) is 10.4. The third kappa shape index (κ3) is 3.69. The summed E-state index contributed by atoms with van der Waals surface area (Å²) in [4.78, 5) is 27.0. The molecule has 1 N–H and O–H groups in total. The van der Waals surface area contributed by atoms with Crippen molar-refractivity contribution in [3.63, 3.8) is 0 Å². The molecule has 2 fully saturated rings. The Morgan fingerprint density at radius 1 is 1.07 bits per heavy atom. The molecular weight excluding hydrogens is 356 g/mol. The number of rotatable bonds is 2. The molecule has 1 aromatic rings. The van der Waals surface area contributed by atoms with E-state index in [0.29, 0.717) is 31.7 Å². The van der Waals surface area contributed by atoms with Gasteiger partial charge in [0.1, 0.15) is 0 Å². The second kappa shape index (κ2) is 6.98. The van der Waals surface area contributed by atoms with Crippen molar-refractivity contribution >= 4 is 17.5 Å². The van der Waals surface area contributed by atoms with Gasteiger partial charge in [-0.1, -0.05) is 20.8 Å². The number of hydrogen-bond acceptors (Lipinski definition) is 4. The molecule has 2 heterocycles. The second-order valence-electron chi connectivity index (χ2n) is 9.29. The fraction of sp³-hybridized carbons (Fsp3) is 0.636. The summed E-state index contributed by atoms with van der Waals surface area (Å²) in [6, 6.07) is 5.60. The number of amides is 2. The lowest BCUT2D eigenvalue weighted by Gasteiger charge is -2.35. The van der Waals surface area contributed by atoms with Crippen LogP contribution in [-0.2, 0) is 9.59 Å². The molecule has 1 aromatic carbocycles. The molecule has 6 nitrogen and oxygen atoms in total. The van der Waals surface area contributed by atoms with E-state index >= 15 is 0 Å². The summed E-state index contributed by atoms with van der Waals surface area (Å²) in [7, 11) is 0. The molecule has 28 heavy (non-hydrogen) atoms. The van der Waals surface area contributed by atoms with Crippen LogP contribution in [0.2, 0.25) is 0 Å². The van der Waals surface area contributed by atoms with E-state index in [2.05, 4.69) is 5.32 Å². The third-order valence-electron chi connectivity index (χ3n) is 5.96. The zero-order valence-corrected chi connectivity index (χ0v) is 17.0. The van der Waals surface area contributed by atoms with Gasteiger partial charge >= 0.3 is 0 Å². The molecule has 1 spiro atoms. The van der Waals surface area contributed by atoms with E-state index in [1.54, 1.807) is 0 Å². The van der Waals surface area contributed by atoms with Gasteiger partial charge in [-0.25, -0.2) is 0 Å². The minimum absolute atomic E-state index is 0.0114. The molecule has 0 bridgehead atoms. The predicted molar refractivity (Wildman–Crippen MR) is 106 cm³/mol. The number of benzene rings is 1. The maximum atomic E-state index is 12.7. The lowest BCUT2D eigenvalue weighted by Crippen LogP contribution is -2.45. The van der Waals surface area contributed by atoms with Crippen molar-refractivity contribution in [3.8, 4) is 11.5 Å². The highest BCUT2D eigenvalue weighted by molar-refractivity contribution is 5.93. The van der Waals surface area contributed by atoms with Gasteiger partial charge in [0.05, 0.1) is 0 Å². The van der Waals surface area contributed by atoms with Crippen molar-refractivity contribution < 1.29 is 19.1 Å². The smallest absolute Gasteiger partial charge is 0.251 e. The molecule has 4 rings (SSSR count). The Morgan fingerprint density at radius 3 is 2.36 bits per heavy atom. The van der Waals surface area contributed by atoms with Crippen LogP contribution in [0, 0.1) is 11.3 Å². The van der Waals surface area contributed by atoms with Gasteiger partial charge in [-0.3, -0.25) is 9.59 Å². The van der Waals surface area contributed by atoms with Crippen LogP contribution in [-0.4, -0.2) is 35.6 Å². The predicted octanol–water partition coefficient (Wildman–Crippen LogP) is 3.95. The zero-order chi connectivity index (χ0) is 19.9. The Morgan fingerprint density at radius 2 is 1.71 bits per heavy atom. The summed E-state index contributed by atoms with van der Waals surface area (Å²) in [5, 5.41) is 3.02. The maximum absolute atomic E-state index is 12.7. The Balaban J connectivity index is 1.34. The van der Waals surface area contributed by atoms with Gasteiger partial charge in [0.2, 0.25) is 11.8 Å². The van der Waals surface area contributed by atoms with Gasteiger partial charge in [0.15, 0.2) is 11.5 Å². The van der Waals surface area contributed by atoms with Crippen LogP contribution in [0.5, 0.6) is 11.5 Å². The summed E-state index contributed by atoms with van der Waals surface area (Å²) in [6.45, 7) is 7.08. The van der Waals surface area contributed by atoms with Crippen molar-refractivity contribution in [2.24, 2.45) is 11.3 Å². The molecular formula is C22H30N2O4. The zero-order valence-electron chi connectivity index (χ0n) is 17.0. The van der Waals surface area contributed by atoms with Crippen molar-refractivity contribution in [1.29, 1.82) is 0 Å². The van der Waals surface area contributed by atoms with E-state index in [4.69, 9.17) is 9.47 Å². The van der Waals surface area contributed by atoms with Crippen LogP contribution in [0.25, 0.3) is 0 Å². The van der Waals surface area contributed by atoms with Crippen LogP contribution >= 0.6 is 0 Å². The summed E-state index contributed by atoms with van der Waals surface area (Å²) in [5.74, 6) is 1.08. The highest BCUT2D eigenvalue weighted by atomic mass is 16.7. The average molecular weight is 386 g/mol. The van der Waals surface area contributed by atoms with Crippen molar-refractivity contribution in [2.75, 3.05) is 18.4 Å². The van der Waals surface area contributed by atoms with Gasteiger partial charge in [0, 0.05) is 49.0 Å². The van der Waals surface area contributed by atoms with Crippen LogP contribution in [0.4, 0.5) is 5.69 Å². The lowest BCUT2D eigenvalue weighted by atomic mass is 9.90. The molecule has 1 saturated heterocycles. The molecule has 0 atom stereocenters. The van der Waals surface area contributed by atoms with E-state index in [1.807, 2.05) is 43.9 Å². The van der Waals surface area contributed by atoms with Crippen LogP contribution in [0.3, 0.4) is 0 Å². The number of nitrogens with zero attached hydrogens (tertiary/aromatic N) is 1. The number of ether oxygens (including phenoxy) is 2. The van der Waals surface area contributed by atoms with Crippen LogP contribution in [0.1, 0.15) is 59.3 Å². The number of anilines is 1. The van der Waals surface area contributed by atoms with Gasteiger partial charge < -0.3 is 19.7 Å². The quantitative estimate of drug-likeness (QED) is 0.836. The third-order valence-corrected chi connectivity index (χ3v) is 5.96. The van der Waals surface area contributed by atoms with Gasteiger partial charge in [-0.15, -0.1) is 0 Å². The second-order valence-corrected chi connectivity index (χ2v) is 9.29. The number of hydrogen-bond donors (Lipinski definition) is 1. The average Bonchev–Trinajstić information content (AvgIpc) is 3.26. The highest BCUT2D eigenvalue weighted by Crippen LogP contribution is 2.47. The van der Waals surface area contributed by atoms with Crippen LogP contribution in [0.15, 0.2) is 18.2 Å². The molecule has 1 aliphatic carbocycles. The SMILES string of the molecule is CC(C)(C)C(=O)N1CCC(C(=O)Nc2ccc3c(c2)OC2(CCCC2)O3)CC1. The minimum atomic E-state index is -0.489.